The van der Waals surface area contributed by atoms with E-state index in [1.165, 1.54) is 6.07 Å². The summed E-state index contributed by atoms with van der Waals surface area (Å²) in [4.78, 5) is 10.4. The predicted molar refractivity (Wildman–Crippen MR) is 64.3 cm³/mol. The van der Waals surface area contributed by atoms with E-state index in [9.17, 15) is 9.18 Å². The van der Waals surface area contributed by atoms with E-state index in [1.807, 2.05) is 0 Å². The first-order valence-corrected chi connectivity index (χ1v) is 5.23. The third-order valence-electron chi connectivity index (χ3n) is 1.90. The maximum Gasteiger partial charge on any atom is 0.243 e. The number of carbonyl (C=O) groups is 1. The van der Waals surface area contributed by atoms with E-state index in [4.69, 9.17) is 27.8 Å². The monoisotopic (exact) mass is 261 g/mol. The Morgan fingerprint density at radius 1 is 1.53 bits per heavy atom. The molecular formula is C10H13ClFN3O2. The Labute approximate surface area is 103 Å². The first-order chi connectivity index (χ1) is 8.00. The van der Waals surface area contributed by atoms with E-state index < -0.39 is 11.7 Å². The lowest BCUT2D eigenvalue weighted by atomic mass is 10.2. The molecule has 0 saturated heterocycles. The number of amides is 1. The van der Waals surface area contributed by atoms with Gasteiger partial charge in [-0.1, -0.05) is 11.6 Å². The Morgan fingerprint density at radius 3 is 2.88 bits per heavy atom. The van der Waals surface area contributed by atoms with Gasteiger partial charge in [0.1, 0.15) is 12.4 Å². The predicted octanol–water partition coefficient (Wildman–Crippen LogP) is 0.975. The summed E-state index contributed by atoms with van der Waals surface area (Å²) in [6.07, 6.45) is 0. The molecule has 5 N–H and O–H groups in total. The molecule has 94 valence electrons. The van der Waals surface area contributed by atoms with Crippen LogP contribution in [0, 0.1) is 5.82 Å². The number of ether oxygens (including phenoxy) is 1. The SMILES string of the molecule is NC(=O)COCCNc1cc(Cl)c(F)cc1N. The van der Waals surface area contributed by atoms with Gasteiger partial charge in [0.2, 0.25) is 5.91 Å². The highest BCUT2D eigenvalue weighted by Gasteiger charge is 2.05. The molecule has 1 aromatic rings. The van der Waals surface area contributed by atoms with Crippen molar-refractivity contribution >= 4 is 28.9 Å². The van der Waals surface area contributed by atoms with Crippen LogP contribution in [0.15, 0.2) is 12.1 Å². The van der Waals surface area contributed by atoms with Crippen LogP contribution in [0.4, 0.5) is 15.8 Å². The van der Waals surface area contributed by atoms with Gasteiger partial charge in [-0.15, -0.1) is 0 Å². The number of hydrogen-bond donors (Lipinski definition) is 3. The number of primary amides is 1. The van der Waals surface area contributed by atoms with Gasteiger partial charge in [0.05, 0.1) is 23.0 Å². The van der Waals surface area contributed by atoms with Crippen molar-refractivity contribution in [3.63, 3.8) is 0 Å². The third-order valence-corrected chi connectivity index (χ3v) is 2.19. The molecule has 0 aliphatic rings. The number of nitrogen functional groups attached to an aromatic ring is 1. The van der Waals surface area contributed by atoms with Gasteiger partial charge in [0.25, 0.3) is 0 Å². The Balaban J connectivity index is 2.41. The number of rotatable bonds is 6. The summed E-state index contributed by atoms with van der Waals surface area (Å²) in [6.45, 7) is 0.540. The molecule has 0 bridgehead atoms. The van der Waals surface area contributed by atoms with Crippen molar-refractivity contribution in [3.8, 4) is 0 Å². The van der Waals surface area contributed by atoms with E-state index in [-0.39, 0.29) is 23.9 Å². The highest BCUT2D eigenvalue weighted by Crippen LogP contribution is 2.25. The Hall–Kier alpha value is -1.53. The van der Waals surface area contributed by atoms with Crippen molar-refractivity contribution in [1.29, 1.82) is 0 Å². The number of nitrogens with one attached hydrogen (secondary N) is 1. The van der Waals surface area contributed by atoms with Crippen molar-refractivity contribution in [2.45, 2.75) is 0 Å². The topological polar surface area (TPSA) is 90.4 Å². The molecule has 1 aromatic carbocycles. The molecule has 17 heavy (non-hydrogen) atoms. The molecule has 7 heteroatoms. The summed E-state index contributed by atoms with van der Waals surface area (Å²) in [5, 5.41) is 2.89. The number of hydrogen-bond acceptors (Lipinski definition) is 4. The fraction of sp³-hybridized carbons (Fsp3) is 0.300. The number of halogens is 2. The van der Waals surface area contributed by atoms with Crippen LogP contribution in [0.2, 0.25) is 5.02 Å². The maximum atomic E-state index is 13.0. The molecule has 0 heterocycles. The van der Waals surface area contributed by atoms with Crippen LogP contribution >= 0.6 is 11.6 Å². The molecule has 0 aromatic heterocycles. The van der Waals surface area contributed by atoms with Crippen LogP contribution in [0.25, 0.3) is 0 Å². The minimum absolute atomic E-state index is 0.0141. The maximum absolute atomic E-state index is 13.0. The number of carbonyl (C=O) groups excluding carboxylic acids is 1. The molecule has 0 atom stereocenters. The molecule has 0 aliphatic heterocycles. The summed E-state index contributed by atoms with van der Waals surface area (Å²) < 4.78 is 17.9. The molecule has 0 unspecified atom stereocenters. The molecule has 0 fully saturated rings. The summed E-state index contributed by atoms with van der Waals surface area (Å²) in [7, 11) is 0. The lowest BCUT2D eigenvalue weighted by Crippen LogP contribution is -2.20. The summed E-state index contributed by atoms with van der Waals surface area (Å²) >= 11 is 5.60. The summed E-state index contributed by atoms with van der Waals surface area (Å²) in [6, 6.07) is 2.52. The lowest BCUT2D eigenvalue weighted by Gasteiger charge is -2.10. The molecule has 1 rings (SSSR count). The van der Waals surface area contributed by atoms with Crippen LogP contribution < -0.4 is 16.8 Å². The van der Waals surface area contributed by atoms with Gasteiger partial charge < -0.3 is 21.5 Å². The van der Waals surface area contributed by atoms with Crippen molar-refractivity contribution in [2.24, 2.45) is 5.73 Å². The molecule has 0 saturated carbocycles. The Bertz CT molecular complexity index is 415. The Kier molecular flexibility index (Phi) is 4.99. The first kappa shape index (κ1) is 13.5. The zero-order valence-corrected chi connectivity index (χ0v) is 9.76. The molecule has 0 spiro atoms. The van der Waals surface area contributed by atoms with Gasteiger partial charge in [-0.2, -0.15) is 0 Å². The average Bonchev–Trinajstić information content (AvgIpc) is 2.24. The van der Waals surface area contributed by atoms with Gasteiger partial charge in [-0.05, 0) is 6.07 Å². The van der Waals surface area contributed by atoms with Crippen LogP contribution in [-0.4, -0.2) is 25.7 Å². The Morgan fingerprint density at radius 2 is 2.24 bits per heavy atom. The first-order valence-electron chi connectivity index (χ1n) is 4.85. The second-order valence-corrected chi connectivity index (χ2v) is 3.71. The van der Waals surface area contributed by atoms with Gasteiger partial charge in [-0.25, -0.2) is 4.39 Å². The quantitative estimate of drug-likeness (QED) is 0.526. The third kappa shape index (κ3) is 4.46. The fourth-order valence-electron chi connectivity index (χ4n) is 1.15. The lowest BCUT2D eigenvalue weighted by molar-refractivity contribution is -0.122. The van der Waals surface area contributed by atoms with Crippen LogP contribution in [0.5, 0.6) is 0 Å². The van der Waals surface area contributed by atoms with Gasteiger partial charge in [0.15, 0.2) is 0 Å². The zero-order chi connectivity index (χ0) is 12.8. The van der Waals surface area contributed by atoms with E-state index in [1.54, 1.807) is 0 Å². The second-order valence-electron chi connectivity index (χ2n) is 3.30. The van der Waals surface area contributed by atoms with Crippen LogP contribution in [0.3, 0.4) is 0 Å². The normalized spacial score (nSPS) is 10.2. The van der Waals surface area contributed by atoms with Crippen LogP contribution in [0.1, 0.15) is 0 Å². The summed E-state index contributed by atoms with van der Waals surface area (Å²) in [5.41, 5.74) is 11.2. The summed E-state index contributed by atoms with van der Waals surface area (Å²) in [5.74, 6) is -1.10. The smallest absolute Gasteiger partial charge is 0.243 e. The minimum atomic E-state index is -0.570. The molecule has 1 amide bonds. The number of nitrogens with two attached hydrogens (primary N) is 2. The van der Waals surface area contributed by atoms with E-state index in [0.717, 1.165) is 6.07 Å². The average molecular weight is 262 g/mol. The van der Waals surface area contributed by atoms with Crippen molar-refractivity contribution in [3.05, 3.63) is 23.0 Å². The molecule has 0 radical (unpaired) electrons. The van der Waals surface area contributed by atoms with Crippen molar-refractivity contribution in [2.75, 3.05) is 30.8 Å². The van der Waals surface area contributed by atoms with E-state index in [2.05, 4.69) is 5.32 Å². The second kappa shape index (κ2) is 6.27. The highest BCUT2D eigenvalue weighted by molar-refractivity contribution is 6.31. The van der Waals surface area contributed by atoms with Crippen LogP contribution in [-0.2, 0) is 9.53 Å². The standard InChI is InChI=1S/C10H13ClFN3O2/c11-6-3-9(8(13)4-7(6)12)15-1-2-17-5-10(14)16/h3-4,15H,1-2,5,13H2,(H2,14,16). The number of benzene rings is 1. The van der Waals surface area contributed by atoms with E-state index in [0.29, 0.717) is 12.2 Å². The van der Waals surface area contributed by atoms with Gasteiger partial charge >= 0.3 is 0 Å². The highest BCUT2D eigenvalue weighted by atomic mass is 35.5. The van der Waals surface area contributed by atoms with Gasteiger partial charge in [0, 0.05) is 12.6 Å². The minimum Gasteiger partial charge on any atom is -0.397 e. The molecule has 0 aliphatic carbocycles. The largest absolute Gasteiger partial charge is 0.397 e. The zero-order valence-electron chi connectivity index (χ0n) is 9.00. The van der Waals surface area contributed by atoms with Gasteiger partial charge in [-0.3, -0.25) is 4.79 Å². The van der Waals surface area contributed by atoms with E-state index >= 15 is 0 Å². The van der Waals surface area contributed by atoms with Crippen molar-refractivity contribution in [1.82, 2.24) is 0 Å². The fourth-order valence-corrected chi connectivity index (χ4v) is 1.31. The van der Waals surface area contributed by atoms with Crippen molar-refractivity contribution < 1.29 is 13.9 Å². The number of anilines is 2. The molecular weight excluding hydrogens is 249 g/mol. The molecule has 5 nitrogen and oxygen atoms in total.